The second-order valence-electron chi connectivity index (χ2n) is 7.89. The van der Waals surface area contributed by atoms with Crippen LogP contribution in [0.3, 0.4) is 0 Å². The molecule has 3 aliphatic rings. The van der Waals surface area contributed by atoms with Gasteiger partial charge in [0.1, 0.15) is 11.5 Å². The normalized spacial score (nSPS) is 30.3. The third-order valence-corrected chi connectivity index (χ3v) is 6.79. The number of aliphatic hydroxyl groups excluding tert-OH is 1. The van der Waals surface area contributed by atoms with E-state index in [1.165, 1.54) is 0 Å². The second-order valence-corrected chi connectivity index (χ2v) is 8.70. The van der Waals surface area contributed by atoms with Gasteiger partial charge in [0.25, 0.3) is 0 Å². The standard InChI is InChI=1S/C20H21Cl2NO3/c21-14-2-1-3-15(22)18(14)19-13(20(26-23-19)10-4-5-10)9-25-17-8-11-6-12(17)7-16(11)24/h1-3,10-12,16-17,24H,4-9H2/t11-,12-,16+,17-/m0/s1. The zero-order chi connectivity index (χ0) is 17.8. The van der Waals surface area contributed by atoms with Crippen LogP contribution in [0.4, 0.5) is 0 Å². The Balaban J connectivity index is 1.43. The van der Waals surface area contributed by atoms with E-state index in [1.807, 2.05) is 18.2 Å². The first-order chi connectivity index (χ1) is 12.6. The third-order valence-electron chi connectivity index (χ3n) is 6.16. The molecule has 26 heavy (non-hydrogen) atoms. The van der Waals surface area contributed by atoms with Gasteiger partial charge >= 0.3 is 0 Å². The molecule has 4 atom stereocenters. The summed E-state index contributed by atoms with van der Waals surface area (Å²) < 4.78 is 12.0. The van der Waals surface area contributed by atoms with Crippen molar-refractivity contribution in [3.63, 3.8) is 0 Å². The molecule has 0 spiro atoms. The number of aliphatic hydroxyl groups is 1. The van der Waals surface area contributed by atoms with Gasteiger partial charge in [-0.05, 0) is 56.1 Å². The average molecular weight is 394 g/mol. The Kier molecular flexibility index (Phi) is 4.28. The number of hydrogen-bond donors (Lipinski definition) is 1. The van der Waals surface area contributed by atoms with Gasteiger partial charge in [0.2, 0.25) is 0 Å². The molecule has 1 N–H and O–H groups in total. The number of ether oxygens (including phenoxy) is 1. The fraction of sp³-hybridized carbons (Fsp3) is 0.550. The van der Waals surface area contributed by atoms with Crippen molar-refractivity contribution < 1.29 is 14.4 Å². The Morgan fingerprint density at radius 3 is 2.50 bits per heavy atom. The molecule has 1 aromatic carbocycles. The molecule has 3 fully saturated rings. The highest BCUT2D eigenvalue weighted by molar-refractivity contribution is 6.39. The number of rotatable bonds is 5. The maximum absolute atomic E-state index is 9.96. The van der Waals surface area contributed by atoms with Crippen molar-refractivity contribution in [1.29, 1.82) is 0 Å². The van der Waals surface area contributed by atoms with Crippen LogP contribution in [0.15, 0.2) is 22.7 Å². The van der Waals surface area contributed by atoms with Crippen molar-refractivity contribution in [3.05, 3.63) is 39.6 Å². The molecule has 0 unspecified atom stereocenters. The molecule has 0 aliphatic heterocycles. The van der Waals surface area contributed by atoms with Crippen LogP contribution in [0.2, 0.25) is 10.0 Å². The lowest BCUT2D eigenvalue weighted by Crippen LogP contribution is -2.27. The van der Waals surface area contributed by atoms with E-state index >= 15 is 0 Å². The van der Waals surface area contributed by atoms with E-state index in [9.17, 15) is 5.11 Å². The van der Waals surface area contributed by atoms with Crippen LogP contribution in [0.25, 0.3) is 11.3 Å². The molecule has 4 nitrogen and oxygen atoms in total. The minimum absolute atomic E-state index is 0.144. The summed E-state index contributed by atoms with van der Waals surface area (Å²) in [6.45, 7) is 0.455. The summed E-state index contributed by atoms with van der Waals surface area (Å²) in [5.74, 6) is 2.21. The Hall–Kier alpha value is -1.07. The number of benzene rings is 1. The molecule has 138 valence electrons. The van der Waals surface area contributed by atoms with Gasteiger partial charge in [-0.15, -0.1) is 0 Å². The van der Waals surface area contributed by atoms with Gasteiger partial charge < -0.3 is 14.4 Å². The monoisotopic (exact) mass is 393 g/mol. The number of nitrogens with zero attached hydrogens (tertiary/aromatic N) is 1. The summed E-state index contributed by atoms with van der Waals surface area (Å²) in [5, 5.41) is 15.4. The fourth-order valence-corrected chi connectivity index (χ4v) is 5.21. The number of aromatic nitrogens is 1. The van der Waals surface area contributed by atoms with Gasteiger partial charge in [0, 0.05) is 17.0 Å². The average Bonchev–Trinajstić information content (AvgIpc) is 3.10. The summed E-state index contributed by atoms with van der Waals surface area (Å²) >= 11 is 12.8. The van der Waals surface area contributed by atoms with E-state index in [4.69, 9.17) is 32.5 Å². The fourth-order valence-electron chi connectivity index (χ4n) is 4.64. The van der Waals surface area contributed by atoms with Crippen molar-refractivity contribution in [2.45, 2.75) is 56.8 Å². The summed E-state index contributed by atoms with van der Waals surface area (Å²) in [6.07, 6.45) is 5.19. The smallest absolute Gasteiger partial charge is 0.145 e. The molecular weight excluding hydrogens is 373 g/mol. The van der Waals surface area contributed by atoms with Gasteiger partial charge in [-0.1, -0.05) is 34.4 Å². The second kappa shape index (κ2) is 6.52. The molecule has 5 rings (SSSR count). The Morgan fingerprint density at radius 2 is 1.88 bits per heavy atom. The van der Waals surface area contributed by atoms with Crippen LogP contribution < -0.4 is 0 Å². The van der Waals surface area contributed by atoms with Crippen molar-refractivity contribution in [1.82, 2.24) is 5.16 Å². The summed E-state index contributed by atoms with van der Waals surface area (Å²) in [7, 11) is 0. The van der Waals surface area contributed by atoms with Crippen LogP contribution in [0.5, 0.6) is 0 Å². The highest BCUT2D eigenvalue weighted by Crippen LogP contribution is 2.48. The van der Waals surface area contributed by atoms with Crippen molar-refractivity contribution in [2.24, 2.45) is 11.8 Å². The van der Waals surface area contributed by atoms with Crippen molar-refractivity contribution in [2.75, 3.05) is 0 Å². The van der Waals surface area contributed by atoms with Crippen molar-refractivity contribution in [3.8, 4) is 11.3 Å². The molecule has 1 heterocycles. The Bertz CT molecular complexity index is 810. The number of halogens is 2. The van der Waals surface area contributed by atoms with E-state index in [-0.39, 0.29) is 12.2 Å². The van der Waals surface area contributed by atoms with Crippen molar-refractivity contribution >= 4 is 23.2 Å². The topological polar surface area (TPSA) is 55.5 Å². The van der Waals surface area contributed by atoms with Gasteiger partial charge in [-0.2, -0.15) is 0 Å². The minimum atomic E-state index is -0.144. The van der Waals surface area contributed by atoms with E-state index in [1.54, 1.807) is 0 Å². The molecule has 1 aromatic heterocycles. The minimum Gasteiger partial charge on any atom is -0.393 e. The molecule has 2 aromatic rings. The van der Waals surface area contributed by atoms with Crippen LogP contribution >= 0.6 is 23.2 Å². The SMILES string of the molecule is O[C@@H]1C[C@@H]2C[C@H]1C[C@@H]2OCc1c(-c2c(Cl)cccc2Cl)noc1C1CC1. The largest absolute Gasteiger partial charge is 0.393 e. The lowest BCUT2D eigenvalue weighted by atomic mass is 9.95. The molecule has 6 heteroatoms. The summed E-state index contributed by atoms with van der Waals surface area (Å²) in [4.78, 5) is 0. The lowest BCUT2D eigenvalue weighted by molar-refractivity contribution is -0.0203. The Morgan fingerprint density at radius 1 is 1.12 bits per heavy atom. The molecule has 2 bridgehead atoms. The summed E-state index contributed by atoms with van der Waals surface area (Å²) in [5.41, 5.74) is 2.39. The lowest BCUT2D eigenvalue weighted by Gasteiger charge is -2.25. The van der Waals surface area contributed by atoms with E-state index < -0.39 is 0 Å². The predicted octanol–water partition coefficient (Wildman–Crippen LogP) is 5.20. The maximum atomic E-state index is 9.96. The third kappa shape index (κ3) is 2.88. The van der Waals surface area contributed by atoms with E-state index in [2.05, 4.69) is 5.16 Å². The molecule has 0 saturated heterocycles. The molecule has 3 aliphatic carbocycles. The highest BCUT2D eigenvalue weighted by Gasteiger charge is 2.46. The van der Waals surface area contributed by atoms with E-state index in [0.29, 0.717) is 45.7 Å². The quantitative estimate of drug-likeness (QED) is 0.757. The zero-order valence-corrected chi connectivity index (χ0v) is 15.8. The zero-order valence-electron chi connectivity index (χ0n) is 14.3. The highest BCUT2D eigenvalue weighted by atomic mass is 35.5. The molecular formula is C20H21Cl2NO3. The first-order valence-corrected chi connectivity index (χ1v) is 10.1. The van der Waals surface area contributed by atoms with Crippen LogP contribution in [0, 0.1) is 11.8 Å². The van der Waals surface area contributed by atoms with Crippen LogP contribution in [-0.2, 0) is 11.3 Å². The molecule has 3 saturated carbocycles. The van der Waals surface area contributed by atoms with Gasteiger partial charge in [0.05, 0.1) is 28.9 Å². The van der Waals surface area contributed by atoms with Crippen LogP contribution in [-0.4, -0.2) is 22.5 Å². The number of hydrogen-bond acceptors (Lipinski definition) is 4. The number of fused-ring (bicyclic) bond motifs is 2. The molecule has 0 radical (unpaired) electrons. The first-order valence-electron chi connectivity index (χ1n) is 9.34. The Labute approximate surface area is 162 Å². The summed E-state index contributed by atoms with van der Waals surface area (Å²) in [6, 6.07) is 5.46. The van der Waals surface area contributed by atoms with Gasteiger partial charge in [-0.3, -0.25) is 0 Å². The van der Waals surface area contributed by atoms with Crippen LogP contribution in [0.1, 0.15) is 49.3 Å². The first kappa shape index (κ1) is 17.1. The predicted molar refractivity (Wildman–Crippen MR) is 99.3 cm³/mol. The van der Waals surface area contributed by atoms with E-state index in [0.717, 1.165) is 43.4 Å². The van der Waals surface area contributed by atoms with Gasteiger partial charge in [0.15, 0.2) is 0 Å². The maximum Gasteiger partial charge on any atom is 0.145 e. The molecule has 0 amide bonds. The van der Waals surface area contributed by atoms with Gasteiger partial charge in [-0.25, -0.2) is 0 Å².